The largest absolute Gasteiger partial charge is 0.323 e. The average molecular weight is 414 g/mol. The summed E-state index contributed by atoms with van der Waals surface area (Å²) in [5, 5.41) is 3.55. The lowest BCUT2D eigenvalue weighted by Gasteiger charge is -2.29. The van der Waals surface area contributed by atoms with Crippen molar-refractivity contribution in [1.82, 2.24) is 9.55 Å². The Kier molecular flexibility index (Phi) is 4.72. The van der Waals surface area contributed by atoms with E-state index in [0.29, 0.717) is 5.69 Å². The van der Waals surface area contributed by atoms with E-state index in [0.717, 1.165) is 27.6 Å². The number of aromatic nitrogens is 2. The van der Waals surface area contributed by atoms with Crippen LogP contribution in [0.5, 0.6) is 0 Å². The highest BCUT2D eigenvalue weighted by Crippen LogP contribution is 2.31. The molecule has 1 aliphatic rings. The van der Waals surface area contributed by atoms with Gasteiger partial charge in [-0.15, -0.1) is 0 Å². The molecule has 3 aromatic carbocycles. The number of imidazole rings is 1. The lowest BCUT2D eigenvalue weighted by atomic mass is 10.2. The zero-order valence-electron chi connectivity index (χ0n) is 16.0. The van der Waals surface area contributed by atoms with Crippen molar-refractivity contribution in [3.8, 4) is 5.69 Å². The van der Waals surface area contributed by atoms with Gasteiger partial charge in [-0.2, -0.15) is 0 Å². The lowest BCUT2D eigenvalue weighted by Crippen LogP contribution is -2.43. The first-order valence-electron chi connectivity index (χ1n) is 9.56. The Morgan fingerprint density at radius 1 is 0.967 bits per heavy atom. The maximum atomic E-state index is 13.0. The highest BCUT2D eigenvalue weighted by Gasteiger charge is 2.27. The molecule has 1 aromatic heterocycles. The fourth-order valence-electron chi connectivity index (χ4n) is 3.59. The smallest absolute Gasteiger partial charge is 0.244 e. The van der Waals surface area contributed by atoms with E-state index in [2.05, 4.69) is 9.88 Å². The number of anilines is 2. The Bertz CT molecular complexity index is 1250. The van der Waals surface area contributed by atoms with E-state index in [1.54, 1.807) is 6.07 Å². The third-order valence-corrected chi connectivity index (χ3v) is 5.86. The van der Waals surface area contributed by atoms with Gasteiger partial charge in [0.1, 0.15) is 6.54 Å². The van der Waals surface area contributed by atoms with Gasteiger partial charge in [-0.1, -0.05) is 54.2 Å². The summed E-state index contributed by atoms with van der Waals surface area (Å²) >= 11 is 1.37. The molecule has 1 aliphatic heterocycles. The van der Waals surface area contributed by atoms with Crippen LogP contribution in [-0.2, 0) is 9.59 Å². The number of para-hydroxylation sites is 5. The van der Waals surface area contributed by atoms with Gasteiger partial charge in [0.25, 0.3) is 0 Å². The molecule has 5 rings (SSSR count). The van der Waals surface area contributed by atoms with Crippen LogP contribution in [0.4, 0.5) is 11.4 Å². The highest BCUT2D eigenvalue weighted by molar-refractivity contribution is 7.99. The van der Waals surface area contributed by atoms with Crippen LogP contribution in [0, 0.1) is 0 Å². The van der Waals surface area contributed by atoms with E-state index in [1.807, 2.05) is 72.8 Å². The van der Waals surface area contributed by atoms with Crippen molar-refractivity contribution in [2.24, 2.45) is 0 Å². The fraction of sp³-hybridized carbons (Fsp3) is 0.0870. The summed E-state index contributed by atoms with van der Waals surface area (Å²) in [6, 6.07) is 25.2. The number of rotatable bonds is 4. The second-order valence-electron chi connectivity index (χ2n) is 6.89. The van der Waals surface area contributed by atoms with Gasteiger partial charge in [-0.3, -0.25) is 14.2 Å². The monoisotopic (exact) mass is 414 g/mol. The molecule has 6 nitrogen and oxygen atoms in total. The number of carbonyl (C=O) groups excluding carboxylic acids is 2. The number of nitrogens with zero attached hydrogens (tertiary/aromatic N) is 3. The van der Waals surface area contributed by atoms with Gasteiger partial charge < -0.3 is 10.2 Å². The minimum absolute atomic E-state index is 0.0194. The molecule has 1 N–H and O–H groups in total. The normalized spacial score (nSPS) is 13.2. The van der Waals surface area contributed by atoms with Crippen LogP contribution < -0.4 is 10.2 Å². The van der Waals surface area contributed by atoms with E-state index >= 15 is 0 Å². The number of carbonyl (C=O) groups is 2. The number of hydrogen-bond donors (Lipinski definition) is 1. The molecule has 7 heteroatoms. The zero-order valence-corrected chi connectivity index (χ0v) is 16.8. The number of benzene rings is 3. The van der Waals surface area contributed by atoms with Crippen LogP contribution in [0.1, 0.15) is 0 Å². The summed E-state index contributed by atoms with van der Waals surface area (Å²) in [5.74, 6) is -0.143. The third-order valence-electron chi connectivity index (χ3n) is 4.94. The van der Waals surface area contributed by atoms with E-state index in [-0.39, 0.29) is 24.1 Å². The van der Waals surface area contributed by atoms with Crippen molar-refractivity contribution in [3.63, 3.8) is 0 Å². The summed E-state index contributed by atoms with van der Waals surface area (Å²) in [4.78, 5) is 31.4. The Balaban J connectivity index is 1.45. The molecule has 0 spiro atoms. The van der Waals surface area contributed by atoms with Gasteiger partial charge in [-0.05, 0) is 36.4 Å². The van der Waals surface area contributed by atoms with Crippen LogP contribution in [0.25, 0.3) is 16.7 Å². The zero-order chi connectivity index (χ0) is 20.5. The SMILES string of the molecule is O=C1CN(C(=O)CSc2nc3ccccc3n2-c2ccccc2)c2ccccc2N1. The van der Waals surface area contributed by atoms with Gasteiger partial charge in [0.05, 0.1) is 28.2 Å². The third kappa shape index (κ3) is 3.33. The number of amides is 2. The molecule has 0 fully saturated rings. The van der Waals surface area contributed by atoms with Crippen molar-refractivity contribution in [2.75, 3.05) is 22.5 Å². The maximum Gasteiger partial charge on any atom is 0.244 e. The van der Waals surface area contributed by atoms with Crippen LogP contribution in [0.15, 0.2) is 84.0 Å². The Hall–Kier alpha value is -3.58. The van der Waals surface area contributed by atoms with Crippen LogP contribution in [-0.4, -0.2) is 33.7 Å². The molecule has 0 atom stereocenters. The summed E-state index contributed by atoms with van der Waals surface area (Å²) in [5.41, 5.74) is 4.23. The maximum absolute atomic E-state index is 13.0. The molecule has 0 unspecified atom stereocenters. The number of hydrogen-bond acceptors (Lipinski definition) is 4. The topological polar surface area (TPSA) is 67.2 Å². The lowest BCUT2D eigenvalue weighted by molar-refractivity contribution is -0.120. The van der Waals surface area contributed by atoms with Crippen molar-refractivity contribution < 1.29 is 9.59 Å². The molecule has 0 radical (unpaired) electrons. The number of nitrogens with one attached hydrogen (secondary N) is 1. The first-order valence-corrected chi connectivity index (χ1v) is 10.5. The standard InChI is InChI=1S/C23H18N4O2S/c28-21-14-26(19-12-6-4-10-17(19)24-21)22(29)15-30-23-25-18-11-5-7-13-20(18)27(23)16-8-2-1-3-9-16/h1-13H,14-15H2,(H,24,28). The second kappa shape index (κ2) is 7.68. The minimum atomic E-state index is -0.191. The van der Waals surface area contributed by atoms with E-state index in [1.165, 1.54) is 16.7 Å². The van der Waals surface area contributed by atoms with Crippen molar-refractivity contribution in [1.29, 1.82) is 0 Å². The van der Waals surface area contributed by atoms with Gasteiger partial charge in [0, 0.05) is 5.69 Å². The van der Waals surface area contributed by atoms with Gasteiger partial charge in [0.2, 0.25) is 11.8 Å². The fourth-order valence-corrected chi connectivity index (χ4v) is 4.49. The molecule has 0 bridgehead atoms. The van der Waals surface area contributed by atoms with Crippen molar-refractivity contribution in [3.05, 3.63) is 78.9 Å². The predicted octanol–water partition coefficient (Wildman–Crippen LogP) is 4.10. The quantitative estimate of drug-likeness (QED) is 0.511. The second-order valence-corrected chi connectivity index (χ2v) is 7.83. The summed E-state index contributed by atoms with van der Waals surface area (Å²) < 4.78 is 2.06. The Morgan fingerprint density at radius 3 is 2.57 bits per heavy atom. The summed E-state index contributed by atoms with van der Waals surface area (Å²) in [6.45, 7) is 0.0194. The van der Waals surface area contributed by atoms with Gasteiger partial charge >= 0.3 is 0 Å². The molecule has 148 valence electrons. The highest BCUT2D eigenvalue weighted by atomic mass is 32.2. The molecule has 0 saturated carbocycles. The molecule has 0 aliphatic carbocycles. The van der Waals surface area contributed by atoms with E-state index < -0.39 is 0 Å². The van der Waals surface area contributed by atoms with Crippen molar-refractivity contribution >= 4 is 46.0 Å². The van der Waals surface area contributed by atoms with Crippen LogP contribution in [0.2, 0.25) is 0 Å². The van der Waals surface area contributed by atoms with Crippen molar-refractivity contribution in [2.45, 2.75) is 5.16 Å². The van der Waals surface area contributed by atoms with E-state index in [4.69, 9.17) is 4.98 Å². The average Bonchev–Trinajstić information content (AvgIpc) is 3.16. The predicted molar refractivity (Wildman–Crippen MR) is 119 cm³/mol. The molecule has 2 heterocycles. The molecular formula is C23H18N4O2S. The molecule has 2 amide bonds. The summed E-state index contributed by atoms with van der Waals surface area (Å²) in [6.07, 6.45) is 0. The number of fused-ring (bicyclic) bond motifs is 2. The Labute approximate surface area is 177 Å². The minimum Gasteiger partial charge on any atom is -0.323 e. The molecule has 0 saturated heterocycles. The van der Waals surface area contributed by atoms with Crippen LogP contribution >= 0.6 is 11.8 Å². The molecule has 4 aromatic rings. The Morgan fingerprint density at radius 2 is 1.70 bits per heavy atom. The van der Waals surface area contributed by atoms with Gasteiger partial charge in [0.15, 0.2) is 5.16 Å². The van der Waals surface area contributed by atoms with Crippen LogP contribution in [0.3, 0.4) is 0 Å². The summed E-state index contributed by atoms with van der Waals surface area (Å²) in [7, 11) is 0. The van der Waals surface area contributed by atoms with E-state index in [9.17, 15) is 9.59 Å². The first-order chi connectivity index (χ1) is 14.7. The molecular weight excluding hydrogens is 396 g/mol. The first kappa shape index (κ1) is 18.4. The van der Waals surface area contributed by atoms with Gasteiger partial charge in [-0.25, -0.2) is 4.98 Å². The molecule has 30 heavy (non-hydrogen) atoms. The number of thioether (sulfide) groups is 1.